The number of likely N-dealkylation sites (tertiary alicyclic amines) is 1. The molecule has 23 heavy (non-hydrogen) atoms. The molecule has 1 saturated carbocycles. The van der Waals surface area contributed by atoms with Crippen LogP contribution in [0, 0.1) is 11.8 Å². The maximum absolute atomic E-state index is 12.4. The average Bonchev–Trinajstić information content (AvgIpc) is 2.46. The minimum Gasteiger partial charge on any atom is -0.480 e. The van der Waals surface area contributed by atoms with Crippen molar-refractivity contribution in [3.8, 4) is 0 Å². The fourth-order valence-corrected chi connectivity index (χ4v) is 4.03. The van der Waals surface area contributed by atoms with Gasteiger partial charge in [-0.1, -0.05) is 32.1 Å². The van der Waals surface area contributed by atoms with Crippen LogP contribution in [-0.4, -0.2) is 40.3 Å². The summed E-state index contributed by atoms with van der Waals surface area (Å²) in [5.74, 6) is -0.220. The number of carboxylic acids is 1. The predicted molar refractivity (Wildman–Crippen MR) is 88.3 cm³/mol. The molecule has 2 aliphatic rings. The molecule has 0 aromatic rings. The Bertz CT molecular complexity index is 423. The summed E-state index contributed by atoms with van der Waals surface area (Å²) >= 11 is 0. The number of rotatable bonds is 3. The Balaban J connectivity index is 2.06. The van der Waals surface area contributed by atoms with Crippen molar-refractivity contribution in [1.82, 2.24) is 4.90 Å². The van der Waals surface area contributed by atoms with Crippen molar-refractivity contribution in [3.05, 3.63) is 0 Å². The van der Waals surface area contributed by atoms with Gasteiger partial charge in [-0.2, -0.15) is 0 Å². The van der Waals surface area contributed by atoms with Crippen molar-refractivity contribution in [2.45, 2.75) is 83.8 Å². The van der Waals surface area contributed by atoms with Gasteiger partial charge in [-0.3, -0.25) is 4.90 Å². The van der Waals surface area contributed by atoms with E-state index in [4.69, 9.17) is 4.74 Å². The maximum atomic E-state index is 12.4. The van der Waals surface area contributed by atoms with Crippen LogP contribution < -0.4 is 0 Å². The van der Waals surface area contributed by atoms with Crippen LogP contribution in [0.5, 0.6) is 0 Å². The SMILES string of the molecule is CC(C)(C)OC(=O)N1CCC[C@H](CC2CCCCC2)[C@H]1C(=O)O. The summed E-state index contributed by atoms with van der Waals surface area (Å²) in [7, 11) is 0. The zero-order valence-corrected chi connectivity index (χ0v) is 14.7. The Morgan fingerprint density at radius 1 is 1.09 bits per heavy atom. The summed E-state index contributed by atoms with van der Waals surface area (Å²) in [6.07, 6.45) is 8.41. The molecule has 2 fully saturated rings. The first-order chi connectivity index (χ1) is 10.8. The van der Waals surface area contributed by atoms with Crippen molar-refractivity contribution in [3.63, 3.8) is 0 Å². The van der Waals surface area contributed by atoms with E-state index in [0.29, 0.717) is 12.5 Å². The summed E-state index contributed by atoms with van der Waals surface area (Å²) in [5.41, 5.74) is -0.601. The topological polar surface area (TPSA) is 66.8 Å². The first kappa shape index (κ1) is 18.1. The van der Waals surface area contributed by atoms with E-state index >= 15 is 0 Å². The molecular weight excluding hydrogens is 294 g/mol. The molecule has 1 N–H and O–H groups in total. The Kier molecular flexibility index (Phi) is 5.93. The lowest BCUT2D eigenvalue weighted by Crippen LogP contribution is -2.54. The first-order valence-electron chi connectivity index (χ1n) is 9.00. The molecule has 0 aromatic heterocycles. The molecule has 0 spiro atoms. The largest absolute Gasteiger partial charge is 0.480 e. The van der Waals surface area contributed by atoms with Crippen LogP contribution >= 0.6 is 0 Å². The highest BCUT2D eigenvalue weighted by atomic mass is 16.6. The van der Waals surface area contributed by atoms with Crippen LogP contribution in [0.25, 0.3) is 0 Å². The highest BCUT2D eigenvalue weighted by molar-refractivity contribution is 5.80. The van der Waals surface area contributed by atoms with Crippen molar-refractivity contribution < 1.29 is 19.4 Å². The Morgan fingerprint density at radius 2 is 1.74 bits per heavy atom. The lowest BCUT2D eigenvalue weighted by molar-refractivity contribution is -0.147. The number of nitrogens with zero attached hydrogens (tertiary/aromatic N) is 1. The smallest absolute Gasteiger partial charge is 0.411 e. The summed E-state index contributed by atoms with van der Waals surface area (Å²) < 4.78 is 5.42. The number of ether oxygens (including phenoxy) is 1. The number of carbonyl (C=O) groups excluding carboxylic acids is 1. The molecule has 1 aliphatic heterocycles. The van der Waals surface area contributed by atoms with Gasteiger partial charge < -0.3 is 9.84 Å². The zero-order valence-electron chi connectivity index (χ0n) is 14.7. The van der Waals surface area contributed by atoms with Crippen LogP contribution in [0.4, 0.5) is 4.79 Å². The van der Waals surface area contributed by atoms with E-state index in [-0.39, 0.29) is 5.92 Å². The molecule has 0 bridgehead atoms. The Morgan fingerprint density at radius 3 is 2.30 bits per heavy atom. The fourth-order valence-electron chi connectivity index (χ4n) is 4.03. The second-order valence-corrected chi connectivity index (χ2v) is 8.10. The van der Waals surface area contributed by atoms with Crippen LogP contribution in [0.1, 0.15) is 72.1 Å². The molecule has 1 aliphatic carbocycles. The molecule has 5 nitrogen and oxygen atoms in total. The van der Waals surface area contributed by atoms with Gasteiger partial charge in [-0.05, 0) is 51.9 Å². The van der Waals surface area contributed by atoms with E-state index in [2.05, 4.69) is 0 Å². The van der Waals surface area contributed by atoms with Crippen molar-refractivity contribution in [2.75, 3.05) is 6.54 Å². The summed E-state index contributed by atoms with van der Waals surface area (Å²) in [6, 6.07) is -0.736. The third-order valence-electron chi connectivity index (χ3n) is 5.00. The molecule has 0 radical (unpaired) electrons. The minimum atomic E-state index is -0.892. The van der Waals surface area contributed by atoms with Crippen molar-refractivity contribution >= 4 is 12.1 Å². The summed E-state index contributed by atoms with van der Waals surface area (Å²) in [5, 5.41) is 9.71. The third kappa shape index (κ3) is 5.11. The third-order valence-corrected chi connectivity index (χ3v) is 5.00. The summed E-state index contributed by atoms with van der Waals surface area (Å²) in [4.78, 5) is 25.7. The molecule has 132 valence electrons. The number of aliphatic carboxylic acids is 1. The van der Waals surface area contributed by atoms with Gasteiger partial charge in [0.15, 0.2) is 0 Å². The lowest BCUT2D eigenvalue weighted by Gasteiger charge is -2.40. The predicted octanol–water partition coefficient (Wildman–Crippen LogP) is 4.06. The minimum absolute atomic E-state index is 0.0527. The standard InChI is InChI=1S/C18H31NO4/c1-18(2,3)23-17(22)19-11-7-10-14(15(19)16(20)21)12-13-8-5-4-6-9-13/h13-15H,4-12H2,1-3H3,(H,20,21)/t14-,15+/m1/s1. The van der Waals surface area contributed by atoms with Crippen molar-refractivity contribution in [1.29, 1.82) is 0 Å². The molecule has 1 heterocycles. The fraction of sp³-hybridized carbons (Fsp3) is 0.889. The van der Waals surface area contributed by atoms with Gasteiger partial charge in [0, 0.05) is 6.54 Å². The van der Waals surface area contributed by atoms with E-state index < -0.39 is 23.7 Å². The number of carboxylic acid groups (broad SMARTS) is 1. The lowest BCUT2D eigenvalue weighted by atomic mass is 9.77. The van der Waals surface area contributed by atoms with Gasteiger partial charge in [-0.15, -0.1) is 0 Å². The van der Waals surface area contributed by atoms with E-state index in [1.165, 1.54) is 37.0 Å². The normalized spacial score (nSPS) is 26.8. The molecule has 0 aromatic carbocycles. The average molecular weight is 325 g/mol. The van der Waals surface area contributed by atoms with Gasteiger partial charge in [0.25, 0.3) is 0 Å². The number of carbonyl (C=O) groups is 2. The number of hydrogen-bond acceptors (Lipinski definition) is 3. The van der Waals surface area contributed by atoms with Crippen LogP contribution in [0.3, 0.4) is 0 Å². The molecule has 2 rings (SSSR count). The van der Waals surface area contributed by atoms with Gasteiger partial charge >= 0.3 is 12.1 Å². The van der Waals surface area contributed by atoms with Gasteiger partial charge in [0.1, 0.15) is 11.6 Å². The van der Waals surface area contributed by atoms with Crippen LogP contribution in [0.2, 0.25) is 0 Å². The maximum Gasteiger partial charge on any atom is 0.411 e. The highest BCUT2D eigenvalue weighted by Gasteiger charge is 2.41. The second-order valence-electron chi connectivity index (χ2n) is 8.10. The van der Waals surface area contributed by atoms with E-state index in [0.717, 1.165) is 19.3 Å². The molecular formula is C18H31NO4. The monoisotopic (exact) mass is 325 g/mol. The van der Waals surface area contributed by atoms with E-state index in [9.17, 15) is 14.7 Å². The van der Waals surface area contributed by atoms with Gasteiger partial charge in [0.2, 0.25) is 0 Å². The molecule has 5 heteroatoms. The quantitative estimate of drug-likeness (QED) is 0.850. The number of amides is 1. The summed E-state index contributed by atoms with van der Waals surface area (Å²) in [6.45, 7) is 5.91. The van der Waals surface area contributed by atoms with Crippen LogP contribution in [-0.2, 0) is 9.53 Å². The van der Waals surface area contributed by atoms with Gasteiger partial charge in [0.05, 0.1) is 0 Å². The number of hydrogen-bond donors (Lipinski definition) is 1. The molecule has 1 saturated heterocycles. The van der Waals surface area contributed by atoms with Crippen molar-refractivity contribution in [2.24, 2.45) is 11.8 Å². The second kappa shape index (κ2) is 7.54. The zero-order chi connectivity index (χ0) is 17.0. The van der Waals surface area contributed by atoms with E-state index in [1.54, 1.807) is 0 Å². The first-order valence-corrected chi connectivity index (χ1v) is 9.00. The Hall–Kier alpha value is -1.26. The Labute approximate surface area is 139 Å². The highest BCUT2D eigenvalue weighted by Crippen LogP contribution is 2.35. The van der Waals surface area contributed by atoms with Gasteiger partial charge in [-0.25, -0.2) is 9.59 Å². The molecule has 0 unspecified atom stereocenters. The van der Waals surface area contributed by atoms with E-state index in [1.807, 2.05) is 20.8 Å². The number of piperidine rings is 1. The van der Waals surface area contributed by atoms with Crippen LogP contribution in [0.15, 0.2) is 0 Å². The molecule has 1 amide bonds. The molecule has 2 atom stereocenters.